The normalized spacial score (nSPS) is 10.6. The van der Waals surface area contributed by atoms with Gasteiger partial charge in [0.2, 0.25) is 0 Å². The molecule has 0 saturated carbocycles. The van der Waals surface area contributed by atoms with Crippen molar-refractivity contribution in [2.75, 3.05) is 0 Å². The molecule has 3 rings (SSSR count). The van der Waals surface area contributed by atoms with Gasteiger partial charge in [0, 0.05) is 11.8 Å². The highest BCUT2D eigenvalue weighted by molar-refractivity contribution is 5.58. The van der Waals surface area contributed by atoms with E-state index in [2.05, 4.69) is 72.3 Å². The van der Waals surface area contributed by atoms with Crippen LogP contribution in [0.2, 0.25) is 0 Å². The molecule has 2 nitrogen and oxygen atoms in total. The Labute approximate surface area is 131 Å². The molecule has 0 bridgehead atoms. The van der Waals surface area contributed by atoms with Crippen molar-refractivity contribution in [3.05, 3.63) is 83.3 Å². The Morgan fingerprint density at radius 2 is 1.32 bits per heavy atom. The van der Waals surface area contributed by atoms with Gasteiger partial charge in [-0.25, -0.2) is 0 Å². The number of nitrogens with zero attached hydrogens (tertiary/aromatic N) is 2. The Balaban J connectivity index is 1.66. The van der Waals surface area contributed by atoms with Gasteiger partial charge in [-0.05, 0) is 32.3 Å². The number of hydrogen-bond acceptors (Lipinski definition) is 2. The average Bonchev–Trinajstić information content (AvgIpc) is 2.56. The van der Waals surface area contributed by atoms with E-state index in [0.29, 0.717) is 0 Å². The first kappa shape index (κ1) is 14.5. The summed E-state index contributed by atoms with van der Waals surface area (Å²) in [5.74, 6) is 0. The van der Waals surface area contributed by atoms with Gasteiger partial charge in [0.1, 0.15) is 0 Å². The number of hydrogen-bond donors (Lipinski definition) is 0. The summed E-state index contributed by atoms with van der Waals surface area (Å²) < 4.78 is 0. The van der Waals surface area contributed by atoms with Crippen LogP contribution in [0.25, 0.3) is 11.3 Å². The molecule has 3 aromatic rings. The van der Waals surface area contributed by atoms with E-state index >= 15 is 0 Å². The van der Waals surface area contributed by atoms with Gasteiger partial charge in [0.25, 0.3) is 0 Å². The molecule has 0 aliphatic rings. The summed E-state index contributed by atoms with van der Waals surface area (Å²) in [7, 11) is 0. The zero-order chi connectivity index (χ0) is 15.4. The van der Waals surface area contributed by atoms with Gasteiger partial charge in [-0.15, -0.1) is 0 Å². The second-order valence-corrected chi connectivity index (χ2v) is 5.74. The van der Waals surface area contributed by atoms with Crippen molar-refractivity contribution in [2.45, 2.75) is 26.7 Å². The molecule has 2 heteroatoms. The van der Waals surface area contributed by atoms with Crippen LogP contribution >= 0.6 is 0 Å². The van der Waals surface area contributed by atoms with Gasteiger partial charge in [-0.1, -0.05) is 59.7 Å². The topological polar surface area (TPSA) is 25.8 Å². The summed E-state index contributed by atoms with van der Waals surface area (Å²) in [5.41, 5.74) is 6.98. The number of benzene rings is 2. The first-order valence-electron chi connectivity index (χ1n) is 7.64. The summed E-state index contributed by atoms with van der Waals surface area (Å²) in [6.07, 6.45) is 5.68. The van der Waals surface area contributed by atoms with Crippen LogP contribution in [0.15, 0.2) is 60.9 Å². The third-order valence-corrected chi connectivity index (χ3v) is 3.84. The summed E-state index contributed by atoms with van der Waals surface area (Å²) in [5, 5.41) is 0. The molecular weight excluding hydrogens is 268 g/mol. The van der Waals surface area contributed by atoms with E-state index in [1.54, 1.807) is 0 Å². The number of aromatic nitrogens is 2. The SMILES string of the molecule is Cc1ccc(CCc2cnc(-c3ccc(C)cc3)cn2)cc1. The molecule has 110 valence electrons. The lowest BCUT2D eigenvalue weighted by atomic mass is 10.1. The highest BCUT2D eigenvalue weighted by Gasteiger charge is 2.02. The Hall–Kier alpha value is -2.48. The van der Waals surface area contributed by atoms with Gasteiger partial charge in [0.05, 0.1) is 17.6 Å². The molecule has 0 unspecified atom stereocenters. The predicted molar refractivity (Wildman–Crippen MR) is 90.8 cm³/mol. The molecule has 1 heterocycles. The minimum Gasteiger partial charge on any atom is -0.257 e. The van der Waals surface area contributed by atoms with Crippen LogP contribution in [0, 0.1) is 13.8 Å². The van der Waals surface area contributed by atoms with Crippen LogP contribution in [-0.2, 0) is 12.8 Å². The molecule has 0 amide bonds. The van der Waals surface area contributed by atoms with Crippen molar-refractivity contribution in [3.8, 4) is 11.3 Å². The van der Waals surface area contributed by atoms with Crippen molar-refractivity contribution < 1.29 is 0 Å². The summed E-state index contributed by atoms with van der Waals surface area (Å²) in [6.45, 7) is 4.20. The highest BCUT2D eigenvalue weighted by atomic mass is 14.8. The number of rotatable bonds is 4. The van der Waals surface area contributed by atoms with E-state index in [9.17, 15) is 0 Å². The fraction of sp³-hybridized carbons (Fsp3) is 0.200. The van der Waals surface area contributed by atoms with Crippen LogP contribution in [0.3, 0.4) is 0 Å². The van der Waals surface area contributed by atoms with Crippen molar-refractivity contribution in [1.29, 1.82) is 0 Å². The lowest BCUT2D eigenvalue weighted by Gasteiger charge is -2.04. The zero-order valence-electron chi connectivity index (χ0n) is 13.1. The van der Waals surface area contributed by atoms with Crippen LogP contribution in [-0.4, -0.2) is 9.97 Å². The molecular formula is C20H20N2. The Morgan fingerprint density at radius 1 is 0.682 bits per heavy atom. The predicted octanol–water partition coefficient (Wildman–Crippen LogP) is 4.55. The molecule has 0 aliphatic heterocycles. The van der Waals surface area contributed by atoms with Gasteiger partial charge < -0.3 is 0 Å². The van der Waals surface area contributed by atoms with Crippen LogP contribution in [0.4, 0.5) is 0 Å². The van der Waals surface area contributed by atoms with Crippen LogP contribution in [0.1, 0.15) is 22.4 Å². The zero-order valence-corrected chi connectivity index (χ0v) is 13.1. The molecule has 0 spiro atoms. The molecule has 0 N–H and O–H groups in total. The highest BCUT2D eigenvalue weighted by Crippen LogP contribution is 2.16. The fourth-order valence-electron chi connectivity index (χ4n) is 2.38. The summed E-state index contributed by atoms with van der Waals surface area (Å²) >= 11 is 0. The molecule has 0 saturated heterocycles. The Bertz CT molecular complexity index is 726. The van der Waals surface area contributed by atoms with Gasteiger partial charge >= 0.3 is 0 Å². The van der Waals surface area contributed by atoms with E-state index in [0.717, 1.165) is 29.8 Å². The van der Waals surface area contributed by atoms with E-state index in [1.807, 2.05) is 12.4 Å². The first-order chi connectivity index (χ1) is 10.7. The average molecular weight is 288 g/mol. The van der Waals surface area contributed by atoms with Crippen LogP contribution in [0.5, 0.6) is 0 Å². The maximum atomic E-state index is 4.55. The van der Waals surface area contributed by atoms with Crippen molar-refractivity contribution in [3.63, 3.8) is 0 Å². The molecule has 2 aromatic carbocycles. The van der Waals surface area contributed by atoms with E-state index in [-0.39, 0.29) is 0 Å². The summed E-state index contributed by atoms with van der Waals surface area (Å²) in [6, 6.07) is 17.1. The van der Waals surface area contributed by atoms with Crippen molar-refractivity contribution in [1.82, 2.24) is 9.97 Å². The maximum absolute atomic E-state index is 4.55. The monoisotopic (exact) mass is 288 g/mol. The van der Waals surface area contributed by atoms with E-state index in [1.165, 1.54) is 16.7 Å². The molecule has 0 radical (unpaired) electrons. The lowest BCUT2D eigenvalue weighted by molar-refractivity contribution is 0.899. The van der Waals surface area contributed by atoms with E-state index < -0.39 is 0 Å². The largest absolute Gasteiger partial charge is 0.257 e. The fourth-order valence-corrected chi connectivity index (χ4v) is 2.38. The quantitative estimate of drug-likeness (QED) is 0.704. The minimum atomic E-state index is 0.921. The standard InChI is InChI=1S/C20H20N2/c1-15-3-7-17(8-4-15)9-12-19-13-22-20(14-21-19)18-10-5-16(2)6-11-18/h3-8,10-11,13-14H,9,12H2,1-2H3. The first-order valence-corrected chi connectivity index (χ1v) is 7.64. The maximum Gasteiger partial charge on any atom is 0.0885 e. The second-order valence-electron chi connectivity index (χ2n) is 5.74. The number of aryl methyl sites for hydroxylation is 4. The second kappa shape index (κ2) is 6.52. The molecule has 22 heavy (non-hydrogen) atoms. The molecule has 1 aromatic heterocycles. The van der Waals surface area contributed by atoms with E-state index in [4.69, 9.17) is 0 Å². The Morgan fingerprint density at radius 3 is 1.91 bits per heavy atom. The van der Waals surface area contributed by atoms with Crippen LogP contribution < -0.4 is 0 Å². The van der Waals surface area contributed by atoms with Gasteiger partial charge in [-0.2, -0.15) is 0 Å². The Kier molecular flexibility index (Phi) is 4.29. The van der Waals surface area contributed by atoms with Crippen molar-refractivity contribution in [2.24, 2.45) is 0 Å². The smallest absolute Gasteiger partial charge is 0.0885 e. The molecule has 0 aliphatic carbocycles. The minimum absolute atomic E-state index is 0.921. The van der Waals surface area contributed by atoms with Gasteiger partial charge in [0.15, 0.2) is 0 Å². The van der Waals surface area contributed by atoms with Gasteiger partial charge in [-0.3, -0.25) is 9.97 Å². The third kappa shape index (κ3) is 3.59. The van der Waals surface area contributed by atoms with Crippen molar-refractivity contribution >= 4 is 0 Å². The lowest BCUT2D eigenvalue weighted by Crippen LogP contribution is -1.96. The third-order valence-electron chi connectivity index (χ3n) is 3.84. The molecule has 0 atom stereocenters. The summed E-state index contributed by atoms with van der Waals surface area (Å²) in [4.78, 5) is 9.09. The molecule has 0 fully saturated rings.